The number of nitrogens with one attached hydrogen (secondary N) is 2. The second-order valence-electron chi connectivity index (χ2n) is 5.44. The number of ether oxygens (including phenoxy) is 1. The number of carbonyl (C=O) groups is 2. The summed E-state index contributed by atoms with van der Waals surface area (Å²) in [4.78, 5) is 22.4. The number of sulfonamides is 1. The number of hydrogen-bond donors (Lipinski definition) is 2. The Kier molecular flexibility index (Phi) is 6.24. The predicted octanol–water partition coefficient (Wildman–Crippen LogP) is 1.98. The van der Waals surface area contributed by atoms with Crippen LogP contribution < -0.4 is 10.0 Å². The molecule has 0 spiro atoms. The van der Waals surface area contributed by atoms with Crippen molar-refractivity contribution in [2.45, 2.75) is 11.8 Å². The van der Waals surface area contributed by atoms with E-state index in [1.807, 2.05) is 4.72 Å². The molecule has 2 rings (SSSR count). The van der Waals surface area contributed by atoms with Crippen LogP contribution in [0.5, 0.6) is 0 Å². The zero-order valence-corrected chi connectivity index (χ0v) is 15.2. The van der Waals surface area contributed by atoms with Crippen LogP contribution in [0.3, 0.4) is 0 Å². The molecule has 144 valence electrons. The van der Waals surface area contributed by atoms with E-state index in [1.165, 1.54) is 19.2 Å². The fourth-order valence-corrected chi connectivity index (χ4v) is 3.28. The van der Waals surface area contributed by atoms with Gasteiger partial charge in [0.1, 0.15) is 11.6 Å². The van der Waals surface area contributed by atoms with Crippen LogP contribution in [0.25, 0.3) is 0 Å². The average Bonchev–Trinajstić information content (AvgIpc) is 2.61. The van der Waals surface area contributed by atoms with Crippen molar-refractivity contribution in [2.75, 3.05) is 19.0 Å². The van der Waals surface area contributed by atoms with E-state index in [0.717, 1.165) is 18.2 Å². The molecule has 0 aliphatic heterocycles. The highest BCUT2D eigenvalue weighted by atomic mass is 32.2. The number of anilines is 1. The normalized spacial score (nSPS) is 11.1. The molecule has 7 nitrogen and oxygen atoms in total. The number of amides is 1. The maximum atomic E-state index is 13.6. The van der Waals surface area contributed by atoms with Crippen molar-refractivity contribution in [3.63, 3.8) is 0 Å². The van der Waals surface area contributed by atoms with Crippen molar-refractivity contribution in [3.05, 3.63) is 59.2 Å². The third-order valence-electron chi connectivity index (χ3n) is 3.54. The Morgan fingerprint density at radius 1 is 1.11 bits per heavy atom. The van der Waals surface area contributed by atoms with Gasteiger partial charge in [0.2, 0.25) is 15.9 Å². The summed E-state index contributed by atoms with van der Waals surface area (Å²) in [7, 11) is -3.37. The van der Waals surface area contributed by atoms with E-state index in [4.69, 9.17) is 0 Å². The monoisotopic (exact) mass is 398 g/mol. The van der Waals surface area contributed by atoms with E-state index in [1.54, 1.807) is 13.0 Å². The summed E-state index contributed by atoms with van der Waals surface area (Å²) < 4.78 is 57.8. The third kappa shape index (κ3) is 4.86. The maximum Gasteiger partial charge on any atom is 0.337 e. The molecule has 1 amide bonds. The van der Waals surface area contributed by atoms with Crippen molar-refractivity contribution in [1.82, 2.24) is 4.72 Å². The van der Waals surface area contributed by atoms with E-state index in [9.17, 15) is 26.8 Å². The number of carbonyl (C=O) groups excluding carboxylic acids is 2. The van der Waals surface area contributed by atoms with Gasteiger partial charge < -0.3 is 10.1 Å². The fraction of sp³-hybridized carbons (Fsp3) is 0.176. The molecule has 0 atom stereocenters. The molecule has 0 saturated carbocycles. The lowest BCUT2D eigenvalue weighted by atomic mass is 10.1. The van der Waals surface area contributed by atoms with Crippen molar-refractivity contribution < 1.29 is 31.5 Å². The van der Waals surface area contributed by atoms with Gasteiger partial charge in [-0.2, -0.15) is 0 Å². The number of hydrogen-bond acceptors (Lipinski definition) is 5. The summed E-state index contributed by atoms with van der Waals surface area (Å²) in [5, 5.41) is 2.42. The Morgan fingerprint density at radius 2 is 1.74 bits per heavy atom. The molecule has 10 heteroatoms. The van der Waals surface area contributed by atoms with Gasteiger partial charge in [0.15, 0.2) is 4.90 Å². The van der Waals surface area contributed by atoms with Crippen LogP contribution in [-0.4, -0.2) is 33.9 Å². The molecule has 2 aromatic carbocycles. The van der Waals surface area contributed by atoms with Gasteiger partial charge in [0.25, 0.3) is 0 Å². The van der Waals surface area contributed by atoms with E-state index in [-0.39, 0.29) is 11.3 Å². The number of halogens is 2. The number of methoxy groups -OCH3 is 1. The number of benzene rings is 2. The lowest BCUT2D eigenvalue weighted by molar-refractivity contribution is -0.115. The zero-order valence-electron chi connectivity index (χ0n) is 14.4. The van der Waals surface area contributed by atoms with Gasteiger partial charge in [0.05, 0.1) is 19.2 Å². The topological polar surface area (TPSA) is 102 Å². The van der Waals surface area contributed by atoms with Crippen LogP contribution >= 0.6 is 0 Å². The van der Waals surface area contributed by atoms with Crippen LogP contribution in [0.15, 0.2) is 41.3 Å². The molecular formula is C17H16F2N2O5S. The van der Waals surface area contributed by atoms with Crippen LogP contribution in [0.2, 0.25) is 0 Å². The van der Waals surface area contributed by atoms with Gasteiger partial charge >= 0.3 is 5.97 Å². The summed E-state index contributed by atoms with van der Waals surface area (Å²) in [5.41, 5.74) is 1.06. The van der Waals surface area contributed by atoms with Crippen LogP contribution in [0.4, 0.5) is 14.5 Å². The first-order chi connectivity index (χ1) is 12.7. The van der Waals surface area contributed by atoms with E-state index >= 15 is 0 Å². The molecule has 0 radical (unpaired) electrons. The largest absolute Gasteiger partial charge is 0.465 e. The summed E-state index contributed by atoms with van der Waals surface area (Å²) in [6.07, 6.45) is 0. The molecule has 0 aromatic heterocycles. The molecule has 0 fully saturated rings. The van der Waals surface area contributed by atoms with Crippen molar-refractivity contribution >= 4 is 27.6 Å². The Labute approximate surface area is 154 Å². The SMILES string of the molecule is COC(=O)c1ccc(C)c(NC(=O)CNS(=O)(=O)c2c(F)cccc2F)c1. The highest BCUT2D eigenvalue weighted by Crippen LogP contribution is 2.19. The Bertz CT molecular complexity index is 973. The highest BCUT2D eigenvalue weighted by molar-refractivity contribution is 7.89. The van der Waals surface area contributed by atoms with Crippen LogP contribution in [0, 0.1) is 18.6 Å². The minimum absolute atomic E-state index is 0.187. The van der Waals surface area contributed by atoms with Gasteiger partial charge in [-0.15, -0.1) is 0 Å². The lowest BCUT2D eigenvalue weighted by Gasteiger charge is -2.11. The molecular weight excluding hydrogens is 382 g/mol. The van der Waals surface area contributed by atoms with E-state index < -0.39 is 45.0 Å². The molecule has 2 aromatic rings. The molecule has 0 saturated heterocycles. The van der Waals surface area contributed by atoms with Crippen LogP contribution in [0.1, 0.15) is 15.9 Å². The second kappa shape index (κ2) is 8.23. The standard InChI is InChI=1S/C17H16F2N2O5S/c1-10-6-7-11(17(23)26-2)8-14(10)21-15(22)9-20-27(24,25)16-12(18)4-3-5-13(16)19/h3-8,20H,9H2,1-2H3,(H,21,22). The summed E-state index contributed by atoms with van der Waals surface area (Å²) in [6, 6.07) is 7.04. The highest BCUT2D eigenvalue weighted by Gasteiger charge is 2.24. The van der Waals surface area contributed by atoms with Crippen molar-refractivity contribution in [2.24, 2.45) is 0 Å². The fourth-order valence-electron chi connectivity index (χ4n) is 2.17. The summed E-state index contributed by atoms with van der Waals surface area (Å²) in [6.45, 7) is 0.896. The van der Waals surface area contributed by atoms with Gasteiger partial charge in [-0.25, -0.2) is 26.7 Å². The van der Waals surface area contributed by atoms with Crippen molar-refractivity contribution in [3.8, 4) is 0 Å². The molecule has 27 heavy (non-hydrogen) atoms. The van der Waals surface area contributed by atoms with E-state index in [0.29, 0.717) is 5.56 Å². The smallest absolute Gasteiger partial charge is 0.337 e. The Balaban J connectivity index is 2.12. The minimum Gasteiger partial charge on any atom is -0.465 e. The molecule has 0 aliphatic rings. The average molecular weight is 398 g/mol. The molecule has 2 N–H and O–H groups in total. The van der Waals surface area contributed by atoms with Gasteiger partial charge in [-0.05, 0) is 36.8 Å². The second-order valence-corrected chi connectivity index (χ2v) is 7.15. The van der Waals surface area contributed by atoms with Crippen LogP contribution in [-0.2, 0) is 19.6 Å². The Morgan fingerprint density at radius 3 is 2.33 bits per heavy atom. The molecule has 0 bridgehead atoms. The number of rotatable bonds is 6. The van der Waals surface area contributed by atoms with Gasteiger partial charge in [-0.3, -0.25) is 4.79 Å². The third-order valence-corrected chi connectivity index (χ3v) is 5.00. The maximum absolute atomic E-state index is 13.6. The minimum atomic E-state index is -4.58. The number of aryl methyl sites for hydroxylation is 1. The first kappa shape index (κ1) is 20.5. The van der Waals surface area contributed by atoms with Crippen molar-refractivity contribution in [1.29, 1.82) is 0 Å². The predicted molar refractivity (Wildman–Crippen MR) is 92.7 cm³/mol. The molecule has 0 unspecified atom stereocenters. The first-order valence-electron chi connectivity index (χ1n) is 7.58. The lowest BCUT2D eigenvalue weighted by Crippen LogP contribution is -2.34. The summed E-state index contributed by atoms with van der Waals surface area (Å²) in [5.74, 6) is -3.95. The van der Waals surface area contributed by atoms with Gasteiger partial charge in [0, 0.05) is 5.69 Å². The molecule has 0 heterocycles. The Hall–Kier alpha value is -2.85. The zero-order chi connectivity index (χ0) is 20.2. The van der Waals surface area contributed by atoms with E-state index in [2.05, 4.69) is 10.1 Å². The first-order valence-corrected chi connectivity index (χ1v) is 9.06. The summed E-state index contributed by atoms with van der Waals surface area (Å²) >= 11 is 0. The number of esters is 1. The quantitative estimate of drug-likeness (QED) is 0.725. The molecule has 0 aliphatic carbocycles. The van der Waals surface area contributed by atoms with Gasteiger partial charge in [-0.1, -0.05) is 12.1 Å².